The van der Waals surface area contributed by atoms with Crippen molar-refractivity contribution in [3.63, 3.8) is 0 Å². The van der Waals surface area contributed by atoms with Crippen LogP contribution < -0.4 is 10.2 Å². The predicted octanol–water partition coefficient (Wildman–Crippen LogP) is 2.19. The number of amides is 1. The molecule has 0 spiro atoms. The Morgan fingerprint density at radius 2 is 1.80 bits per heavy atom. The molecule has 2 N–H and O–H groups in total. The zero-order chi connectivity index (χ0) is 13.7. The largest absolute Gasteiger partial charge is 0.378 e. The first kappa shape index (κ1) is 11.5. The molecule has 2 aromatic carbocycles. The number of fused-ring (bicyclic) bond motifs is 2. The Bertz CT molecular complexity index is 686. The Kier molecular flexibility index (Phi) is 2.35. The molecule has 2 aliphatic rings. The molecular formula is C16H14N2O2. The van der Waals surface area contributed by atoms with E-state index in [0.717, 1.165) is 24.5 Å². The van der Waals surface area contributed by atoms with Crippen molar-refractivity contribution in [2.75, 3.05) is 10.2 Å². The summed E-state index contributed by atoms with van der Waals surface area (Å²) in [6, 6.07) is 14.1. The van der Waals surface area contributed by atoms with E-state index in [1.807, 2.05) is 18.2 Å². The van der Waals surface area contributed by atoms with Gasteiger partial charge in [0.05, 0.1) is 0 Å². The van der Waals surface area contributed by atoms with Gasteiger partial charge in [-0.25, -0.2) is 0 Å². The monoisotopic (exact) mass is 266 g/mol. The first-order valence-electron chi connectivity index (χ1n) is 6.67. The van der Waals surface area contributed by atoms with E-state index >= 15 is 0 Å². The maximum absolute atomic E-state index is 11.5. The summed E-state index contributed by atoms with van der Waals surface area (Å²) >= 11 is 0. The second-order valence-corrected chi connectivity index (χ2v) is 5.29. The van der Waals surface area contributed by atoms with Crippen molar-refractivity contribution in [2.24, 2.45) is 0 Å². The molecule has 4 rings (SSSR count). The maximum Gasteiger partial charge on any atom is 0.257 e. The van der Waals surface area contributed by atoms with Crippen LogP contribution in [0.2, 0.25) is 0 Å². The SMILES string of the molecule is O=C1Nc2cc(N3Cc4ccccc4C3)ccc2C1O. The summed E-state index contributed by atoms with van der Waals surface area (Å²) in [6.07, 6.45) is -1.03. The van der Waals surface area contributed by atoms with Crippen LogP contribution in [0.5, 0.6) is 0 Å². The van der Waals surface area contributed by atoms with Crippen LogP contribution in [0.15, 0.2) is 42.5 Å². The minimum Gasteiger partial charge on any atom is -0.378 e. The summed E-state index contributed by atoms with van der Waals surface area (Å²) in [5.41, 5.74) is 5.13. The third kappa shape index (κ3) is 1.62. The average Bonchev–Trinajstić information content (AvgIpc) is 3.01. The van der Waals surface area contributed by atoms with Crippen molar-refractivity contribution in [3.8, 4) is 0 Å². The van der Waals surface area contributed by atoms with Gasteiger partial charge in [-0.05, 0) is 23.3 Å². The maximum atomic E-state index is 11.5. The number of anilines is 2. The predicted molar refractivity (Wildman–Crippen MR) is 76.4 cm³/mol. The Labute approximate surface area is 116 Å². The first-order valence-corrected chi connectivity index (χ1v) is 6.67. The van der Waals surface area contributed by atoms with E-state index in [9.17, 15) is 9.90 Å². The summed E-state index contributed by atoms with van der Waals surface area (Å²) < 4.78 is 0. The molecule has 20 heavy (non-hydrogen) atoms. The van der Waals surface area contributed by atoms with Gasteiger partial charge in [-0.2, -0.15) is 0 Å². The molecule has 0 fully saturated rings. The van der Waals surface area contributed by atoms with Gasteiger partial charge in [-0.1, -0.05) is 30.3 Å². The highest BCUT2D eigenvalue weighted by Gasteiger charge is 2.29. The Balaban J connectivity index is 1.66. The smallest absolute Gasteiger partial charge is 0.257 e. The highest BCUT2D eigenvalue weighted by atomic mass is 16.3. The van der Waals surface area contributed by atoms with Crippen LogP contribution in [0.25, 0.3) is 0 Å². The lowest BCUT2D eigenvalue weighted by molar-refractivity contribution is -0.123. The molecule has 4 heteroatoms. The number of nitrogens with one attached hydrogen (secondary N) is 1. The van der Waals surface area contributed by atoms with E-state index in [0.29, 0.717) is 5.56 Å². The second-order valence-electron chi connectivity index (χ2n) is 5.29. The van der Waals surface area contributed by atoms with Crippen LogP contribution in [-0.4, -0.2) is 11.0 Å². The van der Waals surface area contributed by atoms with E-state index in [-0.39, 0.29) is 5.91 Å². The average molecular weight is 266 g/mol. The van der Waals surface area contributed by atoms with E-state index < -0.39 is 6.10 Å². The van der Waals surface area contributed by atoms with Crippen LogP contribution in [0.1, 0.15) is 22.8 Å². The van der Waals surface area contributed by atoms with Crippen molar-refractivity contribution in [1.82, 2.24) is 0 Å². The summed E-state index contributed by atoms with van der Waals surface area (Å²) in [4.78, 5) is 13.7. The highest BCUT2D eigenvalue weighted by molar-refractivity contribution is 6.02. The number of aliphatic hydroxyl groups is 1. The fourth-order valence-electron chi connectivity index (χ4n) is 2.95. The number of rotatable bonds is 1. The summed E-state index contributed by atoms with van der Waals surface area (Å²) in [6.45, 7) is 1.76. The standard InChI is InChI=1S/C16H14N2O2/c19-15-13-6-5-12(7-14(13)17-16(15)20)18-8-10-3-1-2-4-11(10)9-18/h1-7,15,19H,8-9H2,(H,17,20). The molecule has 4 nitrogen and oxygen atoms in total. The van der Waals surface area contributed by atoms with E-state index in [4.69, 9.17) is 0 Å². The fourth-order valence-corrected chi connectivity index (χ4v) is 2.95. The van der Waals surface area contributed by atoms with Crippen molar-refractivity contribution in [1.29, 1.82) is 0 Å². The van der Waals surface area contributed by atoms with Gasteiger partial charge < -0.3 is 15.3 Å². The summed E-state index contributed by atoms with van der Waals surface area (Å²) in [7, 11) is 0. The molecule has 0 aromatic heterocycles. The number of benzene rings is 2. The molecule has 2 aromatic rings. The van der Waals surface area contributed by atoms with Gasteiger partial charge in [0.25, 0.3) is 5.91 Å². The van der Waals surface area contributed by atoms with Crippen molar-refractivity contribution in [2.45, 2.75) is 19.2 Å². The molecule has 0 saturated heterocycles. The van der Waals surface area contributed by atoms with Crippen molar-refractivity contribution >= 4 is 17.3 Å². The summed E-state index contributed by atoms with van der Waals surface area (Å²) in [5.74, 6) is -0.346. The lowest BCUT2D eigenvalue weighted by atomic mass is 10.1. The molecule has 0 bridgehead atoms. The zero-order valence-corrected chi connectivity index (χ0v) is 10.8. The van der Waals surface area contributed by atoms with Crippen LogP contribution >= 0.6 is 0 Å². The normalized spacial score (nSPS) is 19.8. The number of carbonyl (C=O) groups is 1. The Hall–Kier alpha value is -2.33. The lowest BCUT2D eigenvalue weighted by Crippen LogP contribution is -2.14. The second kappa shape index (κ2) is 4.08. The van der Waals surface area contributed by atoms with Gasteiger partial charge in [0.15, 0.2) is 6.10 Å². The number of carbonyl (C=O) groups excluding carboxylic acids is 1. The van der Waals surface area contributed by atoms with Gasteiger partial charge in [0.2, 0.25) is 0 Å². The first-order chi connectivity index (χ1) is 9.72. The van der Waals surface area contributed by atoms with Crippen LogP contribution in [0.4, 0.5) is 11.4 Å². The number of hydrogen-bond donors (Lipinski definition) is 2. The van der Waals surface area contributed by atoms with Crippen LogP contribution in [0, 0.1) is 0 Å². The Morgan fingerprint density at radius 1 is 1.10 bits per heavy atom. The molecular weight excluding hydrogens is 252 g/mol. The summed E-state index contributed by atoms with van der Waals surface area (Å²) in [5, 5.41) is 12.4. The number of nitrogens with zero attached hydrogens (tertiary/aromatic N) is 1. The molecule has 1 atom stereocenters. The topological polar surface area (TPSA) is 52.6 Å². The van der Waals surface area contributed by atoms with Crippen LogP contribution in [-0.2, 0) is 17.9 Å². The van der Waals surface area contributed by atoms with Gasteiger partial charge in [-0.3, -0.25) is 4.79 Å². The van der Waals surface area contributed by atoms with Gasteiger partial charge in [0, 0.05) is 30.0 Å². The molecule has 0 aliphatic carbocycles. The fraction of sp³-hybridized carbons (Fsp3) is 0.188. The van der Waals surface area contributed by atoms with E-state index in [1.54, 1.807) is 0 Å². The lowest BCUT2D eigenvalue weighted by Gasteiger charge is -2.18. The molecule has 2 aliphatic heterocycles. The Morgan fingerprint density at radius 3 is 2.50 bits per heavy atom. The van der Waals surface area contributed by atoms with Crippen LogP contribution in [0.3, 0.4) is 0 Å². The van der Waals surface area contributed by atoms with E-state index in [1.165, 1.54) is 11.1 Å². The third-order valence-electron chi connectivity index (χ3n) is 4.04. The minimum absolute atomic E-state index is 0.346. The van der Waals surface area contributed by atoms with Gasteiger partial charge in [-0.15, -0.1) is 0 Å². The van der Waals surface area contributed by atoms with Gasteiger partial charge in [0.1, 0.15) is 0 Å². The molecule has 1 amide bonds. The highest BCUT2D eigenvalue weighted by Crippen LogP contribution is 2.36. The molecule has 2 heterocycles. The molecule has 100 valence electrons. The van der Waals surface area contributed by atoms with Crippen molar-refractivity contribution < 1.29 is 9.90 Å². The van der Waals surface area contributed by atoms with Gasteiger partial charge >= 0.3 is 0 Å². The third-order valence-corrected chi connectivity index (χ3v) is 4.04. The molecule has 1 unspecified atom stereocenters. The quantitative estimate of drug-likeness (QED) is 0.832. The minimum atomic E-state index is -1.03. The van der Waals surface area contributed by atoms with Crippen molar-refractivity contribution in [3.05, 3.63) is 59.2 Å². The van der Waals surface area contributed by atoms with E-state index in [2.05, 4.69) is 34.5 Å². The number of hydrogen-bond acceptors (Lipinski definition) is 3. The molecule has 0 saturated carbocycles. The molecule has 0 radical (unpaired) electrons. The zero-order valence-electron chi connectivity index (χ0n) is 10.8. The number of aliphatic hydroxyl groups excluding tert-OH is 1.